The van der Waals surface area contributed by atoms with Gasteiger partial charge in [-0.1, -0.05) is 6.92 Å². The molecule has 1 fully saturated rings. The van der Waals surface area contributed by atoms with Crippen LogP contribution in [-0.2, 0) is 4.79 Å². The predicted molar refractivity (Wildman–Crippen MR) is 61.0 cm³/mol. The van der Waals surface area contributed by atoms with Crippen LogP contribution in [0.2, 0.25) is 0 Å². The van der Waals surface area contributed by atoms with Gasteiger partial charge >= 0.3 is 5.97 Å². The van der Waals surface area contributed by atoms with Gasteiger partial charge in [0.15, 0.2) is 0 Å². The lowest BCUT2D eigenvalue weighted by atomic mass is 10.3. The van der Waals surface area contributed by atoms with E-state index in [1.165, 1.54) is 0 Å². The summed E-state index contributed by atoms with van der Waals surface area (Å²) < 4.78 is 5.35. The highest BCUT2D eigenvalue weighted by Crippen LogP contribution is 2.38. The lowest BCUT2D eigenvalue weighted by Gasteiger charge is -2.12. The van der Waals surface area contributed by atoms with E-state index in [4.69, 9.17) is 9.84 Å². The standard InChI is InChI=1S/C11H15N3O3/c1-2-7-17-8-3-6-12-10(13-8)14-11(4-5-11)9(15)16/h3,6H,2,4-5,7H2,1H3,(H,15,16)(H,12,13,14). The molecule has 1 aromatic rings. The van der Waals surface area contributed by atoms with Gasteiger partial charge in [0.2, 0.25) is 11.8 Å². The van der Waals surface area contributed by atoms with Crippen molar-refractivity contribution in [3.8, 4) is 5.88 Å². The molecule has 0 atom stereocenters. The fourth-order valence-corrected chi connectivity index (χ4v) is 1.42. The number of carbonyl (C=O) groups is 1. The minimum atomic E-state index is -0.872. The number of anilines is 1. The van der Waals surface area contributed by atoms with Gasteiger partial charge in [-0.25, -0.2) is 9.78 Å². The van der Waals surface area contributed by atoms with E-state index in [1.807, 2.05) is 6.92 Å². The van der Waals surface area contributed by atoms with E-state index < -0.39 is 11.5 Å². The normalized spacial score (nSPS) is 16.3. The van der Waals surface area contributed by atoms with Crippen LogP contribution < -0.4 is 10.1 Å². The van der Waals surface area contributed by atoms with E-state index in [9.17, 15) is 4.79 Å². The molecule has 1 heterocycles. The summed E-state index contributed by atoms with van der Waals surface area (Å²) in [5.41, 5.74) is -0.872. The molecule has 1 saturated carbocycles. The molecule has 0 spiro atoms. The Hall–Kier alpha value is -1.85. The Morgan fingerprint density at radius 3 is 3.00 bits per heavy atom. The second-order valence-electron chi connectivity index (χ2n) is 4.08. The van der Waals surface area contributed by atoms with Crippen molar-refractivity contribution in [3.05, 3.63) is 12.3 Å². The number of hydrogen-bond donors (Lipinski definition) is 2. The minimum Gasteiger partial charge on any atom is -0.480 e. The molecule has 0 unspecified atom stereocenters. The number of aliphatic carboxylic acids is 1. The predicted octanol–water partition coefficient (Wildman–Crippen LogP) is 1.29. The molecule has 17 heavy (non-hydrogen) atoms. The summed E-state index contributed by atoms with van der Waals surface area (Å²) in [7, 11) is 0. The summed E-state index contributed by atoms with van der Waals surface area (Å²) in [6.07, 6.45) is 3.65. The smallest absolute Gasteiger partial charge is 0.329 e. The average Bonchev–Trinajstić information content (AvgIpc) is 3.08. The van der Waals surface area contributed by atoms with Crippen LogP contribution in [0.4, 0.5) is 5.95 Å². The van der Waals surface area contributed by atoms with Crippen molar-refractivity contribution >= 4 is 11.9 Å². The van der Waals surface area contributed by atoms with E-state index in [-0.39, 0.29) is 0 Å². The number of carboxylic acids is 1. The molecule has 0 bridgehead atoms. The number of rotatable bonds is 6. The molecule has 1 aliphatic carbocycles. The van der Waals surface area contributed by atoms with Gasteiger partial charge in [0.25, 0.3) is 0 Å². The van der Waals surface area contributed by atoms with Crippen molar-refractivity contribution in [2.45, 2.75) is 31.7 Å². The molecule has 2 rings (SSSR count). The molecule has 2 N–H and O–H groups in total. The zero-order valence-electron chi connectivity index (χ0n) is 9.64. The maximum atomic E-state index is 11.0. The fourth-order valence-electron chi connectivity index (χ4n) is 1.42. The Morgan fingerprint density at radius 2 is 2.41 bits per heavy atom. The summed E-state index contributed by atoms with van der Waals surface area (Å²) >= 11 is 0. The van der Waals surface area contributed by atoms with E-state index in [1.54, 1.807) is 12.3 Å². The summed E-state index contributed by atoms with van der Waals surface area (Å²) in [6, 6.07) is 1.65. The third-order valence-corrected chi connectivity index (χ3v) is 2.59. The topological polar surface area (TPSA) is 84.3 Å². The van der Waals surface area contributed by atoms with Gasteiger partial charge in [0, 0.05) is 12.3 Å². The molecule has 0 saturated heterocycles. The van der Waals surface area contributed by atoms with Gasteiger partial charge in [0.05, 0.1) is 6.61 Å². The lowest BCUT2D eigenvalue weighted by Crippen LogP contribution is -2.32. The van der Waals surface area contributed by atoms with Crippen molar-refractivity contribution in [1.82, 2.24) is 9.97 Å². The van der Waals surface area contributed by atoms with Crippen LogP contribution in [0.5, 0.6) is 5.88 Å². The van der Waals surface area contributed by atoms with Crippen molar-refractivity contribution in [1.29, 1.82) is 0 Å². The lowest BCUT2D eigenvalue weighted by molar-refractivity contribution is -0.138. The number of ether oxygens (including phenoxy) is 1. The Kier molecular flexibility index (Phi) is 3.12. The van der Waals surface area contributed by atoms with E-state index >= 15 is 0 Å². The molecule has 0 aromatic carbocycles. The minimum absolute atomic E-state index is 0.304. The average molecular weight is 237 g/mol. The molecular weight excluding hydrogens is 222 g/mol. The van der Waals surface area contributed by atoms with Gasteiger partial charge < -0.3 is 15.2 Å². The Bertz CT molecular complexity index is 418. The van der Waals surface area contributed by atoms with E-state index in [0.29, 0.717) is 31.3 Å². The van der Waals surface area contributed by atoms with Gasteiger partial charge in [-0.2, -0.15) is 4.98 Å². The summed E-state index contributed by atoms with van der Waals surface area (Å²) in [6.45, 7) is 2.59. The number of hydrogen-bond acceptors (Lipinski definition) is 5. The second-order valence-corrected chi connectivity index (χ2v) is 4.08. The van der Waals surface area contributed by atoms with Gasteiger partial charge in [-0.05, 0) is 19.3 Å². The molecule has 0 radical (unpaired) electrons. The number of nitrogens with zero attached hydrogens (tertiary/aromatic N) is 2. The number of carboxylic acid groups (broad SMARTS) is 1. The first-order chi connectivity index (χ1) is 8.16. The van der Waals surface area contributed by atoms with Crippen LogP contribution in [0.15, 0.2) is 12.3 Å². The Labute approximate surface area is 99.0 Å². The first-order valence-electron chi connectivity index (χ1n) is 5.64. The Balaban J connectivity index is 2.04. The van der Waals surface area contributed by atoms with Crippen LogP contribution in [0, 0.1) is 0 Å². The fraction of sp³-hybridized carbons (Fsp3) is 0.545. The van der Waals surface area contributed by atoms with Crippen LogP contribution in [-0.4, -0.2) is 33.2 Å². The van der Waals surface area contributed by atoms with Crippen molar-refractivity contribution in [2.75, 3.05) is 11.9 Å². The van der Waals surface area contributed by atoms with Crippen LogP contribution >= 0.6 is 0 Å². The number of aromatic nitrogens is 2. The largest absolute Gasteiger partial charge is 0.480 e. The molecule has 0 amide bonds. The van der Waals surface area contributed by atoms with Crippen LogP contribution in [0.1, 0.15) is 26.2 Å². The molecular formula is C11H15N3O3. The highest BCUT2D eigenvalue weighted by Gasteiger charge is 2.51. The molecule has 6 heteroatoms. The highest BCUT2D eigenvalue weighted by atomic mass is 16.5. The van der Waals surface area contributed by atoms with E-state index in [0.717, 1.165) is 6.42 Å². The second kappa shape index (κ2) is 4.57. The monoisotopic (exact) mass is 237 g/mol. The van der Waals surface area contributed by atoms with Crippen molar-refractivity contribution in [2.24, 2.45) is 0 Å². The Morgan fingerprint density at radius 1 is 1.65 bits per heavy atom. The SMILES string of the molecule is CCCOc1ccnc(NC2(C(=O)O)CC2)n1. The van der Waals surface area contributed by atoms with Crippen LogP contribution in [0.25, 0.3) is 0 Å². The third-order valence-electron chi connectivity index (χ3n) is 2.59. The van der Waals surface area contributed by atoms with Gasteiger partial charge in [0.1, 0.15) is 5.54 Å². The van der Waals surface area contributed by atoms with Gasteiger partial charge in [-0.3, -0.25) is 0 Å². The molecule has 92 valence electrons. The zero-order chi connectivity index (χ0) is 12.3. The first kappa shape index (κ1) is 11.6. The molecule has 1 aliphatic rings. The molecule has 0 aliphatic heterocycles. The summed E-state index contributed by atoms with van der Waals surface area (Å²) in [5.74, 6) is -0.0926. The summed E-state index contributed by atoms with van der Waals surface area (Å²) in [5, 5.41) is 11.9. The highest BCUT2D eigenvalue weighted by molar-refractivity contribution is 5.85. The zero-order valence-corrected chi connectivity index (χ0v) is 9.64. The first-order valence-corrected chi connectivity index (χ1v) is 5.64. The maximum absolute atomic E-state index is 11.0. The molecule has 6 nitrogen and oxygen atoms in total. The van der Waals surface area contributed by atoms with Crippen molar-refractivity contribution in [3.63, 3.8) is 0 Å². The van der Waals surface area contributed by atoms with Crippen molar-refractivity contribution < 1.29 is 14.6 Å². The van der Waals surface area contributed by atoms with Crippen LogP contribution in [0.3, 0.4) is 0 Å². The number of nitrogens with one attached hydrogen (secondary N) is 1. The maximum Gasteiger partial charge on any atom is 0.329 e. The van der Waals surface area contributed by atoms with E-state index in [2.05, 4.69) is 15.3 Å². The van der Waals surface area contributed by atoms with Gasteiger partial charge in [-0.15, -0.1) is 0 Å². The third kappa shape index (κ3) is 2.64. The summed E-state index contributed by atoms with van der Waals surface area (Å²) in [4.78, 5) is 19.1. The quantitative estimate of drug-likeness (QED) is 0.775. The molecule has 1 aromatic heterocycles.